The van der Waals surface area contributed by atoms with Crippen molar-refractivity contribution in [2.24, 2.45) is 0 Å². The van der Waals surface area contributed by atoms with Gasteiger partial charge in [0.05, 0.1) is 20.0 Å². The van der Waals surface area contributed by atoms with Crippen LogP contribution in [0.5, 0.6) is 12.0 Å². The molecular formula is C17H21N5O7S. The van der Waals surface area contributed by atoms with Gasteiger partial charge in [0.2, 0.25) is 16.0 Å². The Kier molecular flexibility index (Phi) is 7.47. The van der Waals surface area contributed by atoms with Crippen LogP contribution < -0.4 is 19.5 Å². The molecule has 0 aliphatic heterocycles. The molecule has 0 aliphatic rings. The number of methoxy groups -OCH3 is 2. The number of sulfonamides is 1. The van der Waals surface area contributed by atoms with Crippen LogP contribution in [0.15, 0.2) is 24.3 Å². The summed E-state index contributed by atoms with van der Waals surface area (Å²) in [5.74, 6) is -1.29. The fourth-order valence-electron chi connectivity index (χ4n) is 2.46. The molecule has 0 spiro atoms. The average molecular weight is 439 g/mol. The van der Waals surface area contributed by atoms with Gasteiger partial charge in [0, 0.05) is 6.92 Å². The third-order valence-corrected chi connectivity index (χ3v) is 4.80. The molecule has 13 heteroatoms. The van der Waals surface area contributed by atoms with E-state index < -0.39 is 33.9 Å². The lowest BCUT2D eigenvalue weighted by atomic mass is 10.0. The summed E-state index contributed by atoms with van der Waals surface area (Å²) < 4.78 is 41.6. The minimum absolute atomic E-state index is 0.131. The zero-order chi connectivity index (χ0) is 22.3. The maximum absolute atomic E-state index is 12.5. The number of amides is 2. The van der Waals surface area contributed by atoms with E-state index in [9.17, 15) is 18.0 Å². The standard InChI is InChI=1S/C17H21N5O7S/c1-10(29-11(2)23)13-8-6-5-7-12(13)9-30(25,26)22-15(24)18-14-19-16(27-3)21-17(20-14)28-4/h5-8,10H,9H2,1-4H3,(H2,18,19,20,21,22,24). The van der Waals surface area contributed by atoms with Gasteiger partial charge < -0.3 is 14.2 Å². The van der Waals surface area contributed by atoms with Gasteiger partial charge >= 0.3 is 24.0 Å². The lowest BCUT2D eigenvalue weighted by molar-refractivity contribution is -0.145. The Morgan fingerprint density at radius 2 is 1.67 bits per heavy atom. The van der Waals surface area contributed by atoms with Crippen LogP contribution in [-0.4, -0.2) is 49.6 Å². The van der Waals surface area contributed by atoms with Gasteiger partial charge in [-0.25, -0.2) is 17.9 Å². The molecule has 1 aromatic carbocycles. The molecule has 0 saturated carbocycles. The third kappa shape index (κ3) is 6.55. The maximum Gasteiger partial charge on any atom is 0.335 e. The van der Waals surface area contributed by atoms with E-state index in [4.69, 9.17) is 14.2 Å². The fraction of sp³-hybridized carbons (Fsp3) is 0.353. The molecule has 0 radical (unpaired) electrons. The lowest BCUT2D eigenvalue weighted by Crippen LogP contribution is -2.36. The van der Waals surface area contributed by atoms with Gasteiger partial charge in [0.25, 0.3) is 0 Å². The van der Waals surface area contributed by atoms with Crippen LogP contribution in [-0.2, 0) is 25.3 Å². The quantitative estimate of drug-likeness (QED) is 0.572. The molecular weight excluding hydrogens is 418 g/mol. The van der Waals surface area contributed by atoms with E-state index in [2.05, 4.69) is 20.3 Å². The van der Waals surface area contributed by atoms with E-state index >= 15 is 0 Å². The second kappa shape index (κ2) is 9.82. The van der Waals surface area contributed by atoms with Gasteiger partial charge in [0.1, 0.15) is 6.10 Å². The summed E-state index contributed by atoms with van der Waals surface area (Å²) in [5.41, 5.74) is 0.875. The molecule has 1 atom stereocenters. The largest absolute Gasteiger partial charge is 0.467 e. The van der Waals surface area contributed by atoms with Crippen LogP contribution >= 0.6 is 0 Å². The third-order valence-electron chi connectivity index (χ3n) is 3.61. The number of urea groups is 1. The molecule has 0 fully saturated rings. The van der Waals surface area contributed by atoms with E-state index in [-0.39, 0.29) is 18.0 Å². The molecule has 1 aromatic heterocycles. The zero-order valence-corrected chi connectivity index (χ0v) is 17.5. The molecule has 2 amide bonds. The SMILES string of the molecule is COc1nc(NC(=O)NS(=O)(=O)Cc2ccccc2C(C)OC(C)=O)nc(OC)n1. The van der Waals surface area contributed by atoms with Crippen LogP contribution in [0.4, 0.5) is 10.7 Å². The maximum atomic E-state index is 12.5. The van der Waals surface area contributed by atoms with E-state index in [0.29, 0.717) is 11.1 Å². The highest BCUT2D eigenvalue weighted by Crippen LogP contribution is 2.23. The van der Waals surface area contributed by atoms with Gasteiger partial charge in [-0.05, 0) is 18.1 Å². The molecule has 1 unspecified atom stereocenters. The average Bonchev–Trinajstić information content (AvgIpc) is 2.66. The second-order valence-electron chi connectivity index (χ2n) is 5.90. The molecule has 162 valence electrons. The Balaban J connectivity index is 2.13. The monoisotopic (exact) mass is 439 g/mol. The minimum Gasteiger partial charge on any atom is -0.467 e. The van der Waals surface area contributed by atoms with Crippen molar-refractivity contribution in [3.05, 3.63) is 35.4 Å². The zero-order valence-electron chi connectivity index (χ0n) is 16.7. The van der Waals surface area contributed by atoms with Crippen LogP contribution in [0.1, 0.15) is 31.1 Å². The molecule has 0 aliphatic carbocycles. The molecule has 2 rings (SSSR count). The number of nitrogens with zero attached hydrogens (tertiary/aromatic N) is 3. The van der Waals surface area contributed by atoms with Crippen molar-refractivity contribution in [2.75, 3.05) is 19.5 Å². The topological polar surface area (TPSA) is 159 Å². The first-order valence-electron chi connectivity index (χ1n) is 8.54. The first-order chi connectivity index (χ1) is 14.1. The summed E-state index contributed by atoms with van der Waals surface area (Å²) in [4.78, 5) is 34.6. The predicted molar refractivity (Wildman–Crippen MR) is 104 cm³/mol. The molecule has 2 aromatic rings. The number of hydrogen-bond donors (Lipinski definition) is 2. The van der Waals surface area contributed by atoms with Crippen molar-refractivity contribution in [1.29, 1.82) is 0 Å². The molecule has 12 nitrogen and oxygen atoms in total. The second-order valence-corrected chi connectivity index (χ2v) is 7.62. The predicted octanol–water partition coefficient (Wildman–Crippen LogP) is 1.16. The lowest BCUT2D eigenvalue weighted by Gasteiger charge is -2.16. The Bertz CT molecular complexity index is 1010. The Labute approximate surface area is 173 Å². The molecule has 2 N–H and O–H groups in total. The van der Waals surface area contributed by atoms with Crippen LogP contribution in [0.3, 0.4) is 0 Å². The number of hydrogen-bond acceptors (Lipinski definition) is 10. The minimum atomic E-state index is -4.11. The number of anilines is 1. The van der Waals surface area contributed by atoms with E-state index in [1.807, 2.05) is 4.72 Å². The van der Waals surface area contributed by atoms with Crippen molar-refractivity contribution in [3.8, 4) is 12.0 Å². The van der Waals surface area contributed by atoms with Gasteiger partial charge in [-0.2, -0.15) is 9.97 Å². The van der Waals surface area contributed by atoms with Gasteiger partial charge in [0.15, 0.2) is 0 Å². The van der Waals surface area contributed by atoms with E-state index in [1.54, 1.807) is 31.2 Å². The summed E-state index contributed by atoms with van der Waals surface area (Å²) in [5, 5.41) is 2.18. The van der Waals surface area contributed by atoms with Crippen molar-refractivity contribution >= 4 is 28.0 Å². The summed E-state index contributed by atoms with van der Waals surface area (Å²) in [7, 11) is -1.50. The molecule has 1 heterocycles. The fourth-order valence-corrected chi connectivity index (χ4v) is 3.54. The highest BCUT2D eigenvalue weighted by Gasteiger charge is 2.21. The number of esters is 1. The number of ether oxygens (including phenoxy) is 3. The Morgan fingerprint density at radius 3 is 2.23 bits per heavy atom. The molecule has 30 heavy (non-hydrogen) atoms. The van der Waals surface area contributed by atoms with Crippen molar-refractivity contribution in [2.45, 2.75) is 25.7 Å². The Morgan fingerprint density at radius 1 is 1.07 bits per heavy atom. The summed E-state index contributed by atoms with van der Waals surface area (Å²) in [6, 6.07) is 5.18. The first kappa shape index (κ1) is 22.8. The highest BCUT2D eigenvalue weighted by molar-refractivity contribution is 7.89. The van der Waals surface area contributed by atoms with Gasteiger partial charge in [-0.15, -0.1) is 4.98 Å². The summed E-state index contributed by atoms with van der Waals surface area (Å²) in [6.45, 7) is 2.88. The Hall–Kier alpha value is -3.48. The van der Waals surface area contributed by atoms with Gasteiger partial charge in [-0.3, -0.25) is 10.1 Å². The van der Waals surface area contributed by atoms with Crippen molar-refractivity contribution < 1.29 is 32.2 Å². The van der Waals surface area contributed by atoms with E-state index in [1.165, 1.54) is 21.1 Å². The van der Waals surface area contributed by atoms with E-state index in [0.717, 1.165) is 0 Å². The van der Waals surface area contributed by atoms with Crippen molar-refractivity contribution in [1.82, 2.24) is 19.7 Å². The number of carbonyl (C=O) groups is 2. The molecule has 0 bridgehead atoms. The smallest absolute Gasteiger partial charge is 0.335 e. The number of nitrogens with one attached hydrogen (secondary N) is 2. The van der Waals surface area contributed by atoms with Crippen LogP contribution in [0, 0.1) is 0 Å². The highest BCUT2D eigenvalue weighted by atomic mass is 32.2. The number of aromatic nitrogens is 3. The summed E-state index contributed by atoms with van der Waals surface area (Å²) in [6.07, 6.45) is -0.659. The van der Waals surface area contributed by atoms with Gasteiger partial charge in [-0.1, -0.05) is 24.3 Å². The van der Waals surface area contributed by atoms with Crippen molar-refractivity contribution in [3.63, 3.8) is 0 Å². The normalized spacial score (nSPS) is 11.9. The number of carbonyl (C=O) groups excluding carboxylic acids is 2. The number of benzene rings is 1. The van der Waals surface area contributed by atoms with Crippen LogP contribution in [0.2, 0.25) is 0 Å². The number of rotatable bonds is 8. The summed E-state index contributed by atoms with van der Waals surface area (Å²) >= 11 is 0. The molecule has 0 saturated heterocycles. The first-order valence-corrected chi connectivity index (χ1v) is 10.2. The van der Waals surface area contributed by atoms with Crippen LogP contribution in [0.25, 0.3) is 0 Å².